The summed E-state index contributed by atoms with van der Waals surface area (Å²) in [5.41, 5.74) is 9.24. The lowest BCUT2D eigenvalue weighted by Gasteiger charge is -2.39. The molecule has 2 N–H and O–H groups in total. The van der Waals surface area contributed by atoms with Crippen molar-refractivity contribution >= 4 is 23.3 Å². The molecule has 1 aliphatic rings. The fourth-order valence-corrected chi connectivity index (χ4v) is 4.02. The van der Waals surface area contributed by atoms with Gasteiger partial charge in [0.15, 0.2) is 0 Å². The van der Waals surface area contributed by atoms with Crippen molar-refractivity contribution in [2.75, 3.05) is 18.6 Å². The first-order chi connectivity index (χ1) is 14.6. The molecule has 154 valence electrons. The van der Waals surface area contributed by atoms with Gasteiger partial charge in [0.05, 0.1) is 24.4 Å². The Hall–Kier alpha value is -3.59. The number of rotatable bonds is 7. The molecule has 30 heavy (non-hydrogen) atoms. The minimum atomic E-state index is -0.510. The molecule has 2 aromatic rings. The quantitative estimate of drug-likeness (QED) is 0.536. The Morgan fingerprint density at radius 1 is 1.07 bits per heavy atom. The molecule has 1 atom stereocenters. The highest BCUT2D eigenvalue weighted by Crippen LogP contribution is 2.46. The molecule has 0 saturated heterocycles. The molecule has 6 heteroatoms. The van der Waals surface area contributed by atoms with E-state index in [0.717, 1.165) is 30.4 Å². The van der Waals surface area contributed by atoms with Crippen LogP contribution in [0.15, 0.2) is 60.2 Å². The summed E-state index contributed by atoms with van der Waals surface area (Å²) in [5, 5.41) is 0. The number of fused-ring (bicyclic) bond motifs is 1. The fourth-order valence-electron chi connectivity index (χ4n) is 4.02. The van der Waals surface area contributed by atoms with Crippen LogP contribution in [0.4, 0.5) is 10.5 Å². The van der Waals surface area contributed by atoms with E-state index in [0.29, 0.717) is 29.8 Å². The first kappa shape index (κ1) is 21.1. The molecule has 1 heterocycles. The molecule has 1 aliphatic heterocycles. The molecule has 0 aromatic heterocycles. The number of para-hydroxylation sites is 1. The number of nitrogens with two attached hydrogens (primary N) is 1. The highest BCUT2D eigenvalue weighted by molar-refractivity contribution is 6.23. The lowest BCUT2D eigenvalue weighted by Crippen LogP contribution is -2.40. The summed E-state index contributed by atoms with van der Waals surface area (Å²) in [5.74, 6) is -0.510. The Labute approximate surface area is 176 Å². The molecule has 2 amide bonds. The number of benzene rings is 2. The van der Waals surface area contributed by atoms with Crippen LogP contribution < -0.4 is 10.6 Å². The normalized spacial score (nSPS) is 15.3. The maximum Gasteiger partial charge on any atom is 0.414 e. The van der Waals surface area contributed by atoms with E-state index < -0.39 is 18.0 Å². The zero-order chi connectivity index (χ0) is 21.5. The molecule has 1 unspecified atom stereocenters. The molecule has 0 spiro atoms. The van der Waals surface area contributed by atoms with Crippen molar-refractivity contribution in [3.05, 3.63) is 82.7 Å². The zero-order valence-corrected chi connectivity index (χ0v) is 17.0. The van der Waals surface area contributed by atoms with Crippen LogP contribution in [0, 0.1) is 6.57 Å². The second-order valence-electron chi connectivity index (χ2n) is 7.13. The second-order valence-corrected chi connectivity index (χ2v) is 7.13. The van der Waals surface area contributed by atoms with Gasteiger partial charge in [0, 0.05) is 12.0 Å². The maximum atomic E-state index is 12.9. The van der Waals surface area contributed by atoms with E-state index in [1.54, 1.807) is 11.0 Å². The van der Waals surface area contributed by atoms with E-state index in [1.165, 1.54) is 7.11 Å². The highest BCUT2D eigenvalue weighted by atomic mass is 16.5. The van der Waals surface area contributed by atoms with E-state index >= 15 is 0 Å². The number of ether oxygens (including phenoxy) is 1. The van der Waals surface area contributed by atoms with Crippen LogP contribution in [0.25, 0.3) is 10.4 Å². The van der Waals surface area contributed by atoms with E-state index in [4.69, 9.17) is 17.0 Å². The highest BCUT2D eigenvalue weighted by Gasteiger charge is 2.39. The summed E-state index contributed by atoms with van der Waals surface area (Å²) in [7, 11) is 1.35. The van der Waals surface area contributed by atoms with Crippen LogP contribution in [0.2, 0.25) is 0 Å². The van der Waals surface area contributed by atoms with Gasteiger partial charge in [0.2, 0.25) is 12.5 Å². The number of hydrogen-bond acceptors (Lipinski definition) is 3. The standard InChI is InChI=1S/C24H25N3O3/c1-26-16-10-4-7-14-19-21(23(25)28)18-13-8-9-15-20(18)27(24(29)30-2)22(19)17-11-5-3-6-12-17/h3,5-6,8-9,11-13,15,22H,4,7,10,14,16H2,2H3,(H2,25,28). The van der Waals surface area contributed by atoms with Crippen molar-refractivity contribution in [1.29, 1.82) is 0 Å². The molecule has 0 aliphatic carbocycles. The van der Waals surface area contributed by atoms with Gasteiger partial charge in [-0.05, 0) is 36.5 Å². The third kappa shape index (κ3) is 4.20. The van der Waals surface area contributed by atoms with Crippen molar-refractivity contribution in [3.8, 4) is 0 Å². The van der Waals surface area contributed by atoms with Gasteiger partial charge in [-0.2, -0.15) is 0 Å². The Morgan fingerprint density at radius 3 is 2.43 bits per heavy atom. The van der Waals surface area contributed by atoms with Crippen molar-refractivity contribution < 1.29 is 14.3 Å². The summed E-state index contributed by atoms with van der Waals surface area (Å²) in [6.07, 6.45) is 2.56. The van der Waals surface area contributed by atoms with Gasteiger partial charge in [0.25, 0.3) is 0 Å². The average molecular weight is 403 g/mol. The summed E-state index contributed by atoms with van der Waals surface area (Å²) in [6.45, 7) is 7.43. The van der Waals surface area contributed by atoms with Gasteiger partial charge in [-0.1, -0.05) is 48.5 Å². The molecular weight excluding hydrogens is 378 g/mol. The van der Waals surface area contributed by atoms with Gasteiger partial charge in [0.1, 0.15) is 0 Å². The molecule has 0 fully saturated rings. The predicted molar refractivity (Wildman–Crippen MR) is 117 cm³/mol. The minimum absolute atomic E-state index is 0.463. The number of carbonyl (C=O) groups excluding carboxylic acids is 2. The fraction of sp³-hybridized carbons (Fsp3) is 0.292. The van der Waals surface area contributed by atoms with E-state index in [1.807, 2.05) is 48.5 Å². The first-order valence-electron chi connectivity index (χ1n) is 9.97. The molecule has 3 rings (SSSR count). The van der Waals surface area contributed by atoms with E-state index in [2.05, 4.69) is 4.85 Å². The van der Waals surface area contributed by atoms with E-state index in [-0.39, 0.29) is 0 Å². The Kier molecular flexibility index (Phi) is 6.87. The van der Waals surface area contributed by atoms with Crippen LogP contribution in [0.5, 0.6) is 0 Å². The zero-order valence-electron chi connectivity index (χ0n) is 17.0. The van der Waals surface area contributed by atoms with Crippen molar-refractivity contribution in [2.45, 2.75) is 31.7 Å². The van der Waals surface area contributed by atoms with E-state index in [9.17, 15) is 9.59 Å². The topological polar surface area (TPSA) is 77.0 Å². The van der Waals surface area contributed by atoms with Crippen LogP contribution in [-0.2, 0) is 9.53 Å². The monoisotopic (exact) mass is 403 g/mol. The average Bonchev–Trinajstić information content (AvgIpc) is 2.77. The molecule has 0 radical (unpaired) electrons. The van der Waals surface area contributed by atoms with Gasteiger partial charge < -0.3 is 15.3 Å². The third-order valence-corrected chi connectivity index (χ3v) is 5.29. The van der Waals surface area contributed by atoms with Gasteiger partial charge >= 0.3 is 6.09 Å². The number of carbonyl (C=O) groups is 2. The molecular formula is C24H25N3O3. The Morgan fingerprint density at radius 2 is 1.77 bits per heavy atom. The minimum Gasteiger partial charge on any atom is -0.452 e. The third-order valence-electron chi connectivity index (χ3n) is 5.29. The molecule has 6 nitrogen and oxygen atoms in total. The predicted octanol–water partition coefficient (Wildman–Crippen LogP) is 4.73. The number of hydrogen-bond donors (Lipinski definition) is 1. The first-order valence-corrected chi connectivity index (χ1v) is 9.97. The van der Waals surface area contributed by atoms with Crippen LogP contribution in [0.3, 0.4) is 0 Å². The van der Waals surface area contributed by atoms with Crippen LogP contribution in [-0.4, -0.2) is 25.7 Å². The smallest absolute Gasteiger partial charge is 0.414 e. The molecule has 0 bridgehead atoms. The Bertz CT molecular complexity index is 992. The molecule has 2 aromatic carbocycles. The summed E-state index contributed by atoms with van der Waals surface area (Å²) in [4.78, 5) is 30.5. The van der Waals surface area contributed by atoms with Crippen molar-refractivity contribution in [2.24, 2.45) is 5.73 Å². The largest absolute Gasteiger partial charge is 0.452 e. The second kappa shape index (κ2) is 9.75. The van der Waals surface area contributed by atoms with Crippen LogP contribution in [0.1, 0.15) is 42.9 Å². The van der Waals surface area contributed by atoms with Crippen molar-refractivity contribution in [1.82, 2.24) is 0 Å². The SMILES string of the molecule is [C-]#[N+]CCCCCC1=C(C(N)=O)c2ccccc2N(C(=O)OC)C1c1ccccc1. The number of anilines is 1. The summed E-state index contributed by atoms with van der Waals surface area (Å²) < 4.78 is 5.11. The van der Waals surface area contributed by atoms with Crippen molar-refractivity contribution in [3.63, 3.8) is 0 Å². The number of unbranched alkanes of at least 4 members (excludes halogenated alkanes) is 2. The van der Waals surface area contributed by atoms with Gasteiger partial charge in [-0.3, -0.25) is 9.69 Å². The summed E-state index contributed by atoms with van der Waals surface area (Å²) in [6, 6.07) is 16.4. The number of amides is 2. The maximum absolute atomic E-state index is 12.9. The lowest BCUT2D eigenvalue weighted by atomic mass is 9.82. The van der Waals surface area contributed by atoms with Gasteiger partial charge in [-0.15, -0.1) is 0 Å². The van der Waals surface area contributed by atoms with Crippen LogP contribution >= 0.6 is 0 Å². The number of nitrogens with zero attached hydrogens (tertiary/aromatic N) is 2. The van der Waals surface area contributed by atoms with Gasteiger partial charge in [-0.25, -0.2) is 11.4 Å². The summed E-state index contributed by atoms with van der Waals surface area (Å²) >= 11 is 0. The molecule has 0 saturated carbocycles. The number of primary amides is 1. The lowest BCUT2D eigenvalue weighted by molar-refractivity contribution is -0.112. The number of methoxy groups -OCH3 is 1. The Balaban J connectivity index is 2.17.